The van der Waals surface area contributed by atoms with E-state index in [1.165, 1.54) is 19.3 Å². The highest BCUT2D eigenvalue weighted by atomic mass is 16.2. The molecule has 0 aromatic carbocycles. The molecule has 16 heavy (non-hydrogen) atoms. The fourth-order valence-corrected chi connectivity index (χ4v) is 1.69. The molecule has 1 amide bonds. The summed E-state index contributed by atoms with van der Waals surface area (Å²) in [5, 5.41) is 0. The van der Waals surface area contributed by atoms with Crippen LogP contribution in [0.4, 0.5) is 0 Å². The van der Waals surface area contributed by atoms with Gasteiger partial charge in [0.2, 0.25) is 5.91 Å². The van der Waals surface area contributed by atoms with Crippen molar-refractivity contribution in [2.45, 2.75) is 72.1 Å². The van der Waals surface area contributed by atoms with Crippen LogP contribution < -0.4 is 0 Å². The van der Waals surface area contributed by atoms with Crippen molar-refractivity contribution < 1.29 is 7.54 Å². The second-order valence-corrected chi connectivity index (χ2v) is 4.12. The van der Waals surface area contributed by atoms with Crippen LogP contribution in [0.2, 0.25) is 0 Å². The minimum atomic E-state index is -0.906. The molecular weight excluding hydrogens is 198 g/mol. The minimum Gasteiger partial charge on any atom is -0.343 e. The molecule has 0 aliphatic carbocycles. The van der Waals surface area contributed by atoms with E-state index in [2.05, 4.69) is 6.92 Å². The molecule has 0 aromatic heterocycles. The summed E-state index contributed by atoms with van der Waals surface area (Å²) in [5.41, 5.74) is 0. The maximum atomic E-state index is 11.9. The van der Waals surface area contributed by atoms with Gasteiger partial charge in [-0.25, -0.2) is 0 Å². The lowest BCUT2D eigenvalue weighted by Crippen LogP contribution is -2.30. The van der Waals surface area contributed by atoms with Crippen LogP contribution in [-0.2, 0) is 4.79 Å². The normalized spacial score (nSPS) is 16.2. The Morgan fingerprint density at radius 1 is 1.00 bits per heavy atom. The third-order valence-corrected chi connectivity index (χ3v) is 2.81. The molecule has 0 saturated carbocycles. The van der Waals surface area contributed by atoms with Gasteiger partial charge in [0.25, 0.3) is 0 Å². The molecule has 2 nitrogen and oxygen atoms in total. The summed E-state index contributed by atoms with van der Waals surface area (Å²) in [6.45, 7) is 7.27. The van der Waals surface area contributed by atoms with Crippen LogP contribution in [0.3, 0.4) is 0 Å². The van der Waals surface area contributed by atoms with Gasteiger partial charge in [-0.1, -0.05) is 45.4 Å². The zero-order chi connectivity index (χ0) is 14.0. The summed E-state index contributed by atoms with van der Waals surface area (Å²) in [6, 6.07) is 0. The molecule has 2 atom stereocenters. The number of rotatable bonds is 10. The van der Waals surface area contributed by atoms with E-state index in [9.17, 15) is 4.79 Å². The lowest BCUT2D eigenvalue weighted by molar-refractivity contribution is -0.130. The quantitative estimate of drug-likeness (QED) is 0.519. The molecule has 0 aliphatic heterocycles. The van der Waals surface area contributed by atoms with Crippen LogP contribution in [0, 0.1) is 0 Å². The van der Waals surface area contributed by atoms with Crippen LogP contribution in [0.25, 0.3) is 0 Å². The van der Waals surface area contributed by atoms with E-state index in [1.54, 1.807) is 4.90 Å². The predicted molar refractivity (Wildman–Crippen MR) is 70.5 cm³/mol. The zero-order valence-electron chi connectivity index (χ0n) is 13.2. The molecule has 0 rings (SSSR count). The third kappa shape index (κ3) is 7.72. The van der Waals surface area contributed by atoms with E-state index >= 15 is 0 Å². The number of nitrogens with zero attached hydrogens (tertiary/aromatic N) is 1. The molecule has 0 bridgehead atoms. The highest BCUT2D eigenvalue weighted by molar-refractivity contribution is 5.75. The average Bonchev–Trinajstić information content (AvgIpc) is 2.38. The van der Waals surface area contributed by atoms with E-state index < -0.39 is 12.8 Å². The monoisotopic (exact) mass is 229 g/mol. The Labute approximate surface area is 104 Å². The van der Waals surface area contributed by atoms with Gasteiger partial charge in [0.15, 0.2) is 0 Å². The van der Waals surface area contributed by atoms with Gasteiger partial charge < -0.3 is 4.90 Å². The molecule has 96 valence electrons. The van der Waals surface area contributed by atoms with Gasteiger partial charge in [-0.2, -0.15) is 0 Å². The molecule has 0 N–H and O–H groups in total. The van der Waals surface area contributed by atoms with Gasteiger partial charge in [-0.05, 0) is 20.2 Å². The lowest BCUT2D eigenvalue weighted by atomic mass is 10.1. The fraction of sp³-hybridized carbons (Fsp3) is 0.929. The van der Waals surface area contributed by atoms with Gasteiger partial charge in [0.1, 0.15) is 0 Å². The number of carbonyl (C=O) groups is 1. The Morgan fingerprint density at radius 3 is 2.12 bits per heavy atom. The van der Waals surface area contributed by atoms with Crippen molar-refractivity contribution in [1.29, 1.82) is 0 Å². The van der Waals surface area contributed by atoms with E-state index in [0.29, 0.717) is 19.5 Å². The van der Waals surface area contributed by atoms with Crippen LogP contribution in [0.1, 0.15) is 74.8 Å². The Balaban J connectivity index is 3.94. The number of carbonyl (C=O) groups excluding carboxylic acids is 1. The van der Waals surface area contributed by atoms with Crippen LogP contribution in [0.5, 0.6) is 0 Å². The summed E-state index contributed by atoms with van der Waals surface area (Å²) in [6.07, 6.45) is 4.94. The summed E-state index contributed by atoms with van der Waals surface area (Å²) in [4.78, 5) is 13.5. The van der Waals surface area contributed by atoms with Gasteiger partial charge in [-0.3, -0.25) is 4.79 Å². The second-order valence-electron chi connectivity index (χ2n) is 4.12. The first-order valence-corrected chi connectivity index (χ1v) is 6.71. The molecule has 0 spiro atoms. The average molecular weight is 229 g/mol. The van der Waals surface area contributed by atoms with E-state index in [1.807, 2.05) is 13.8 Å². The largest absolute Gasteiger partial charge is 0.343 e. The topological polar surface area (TPSA) is 20.3 Å². The van der Waals surface area contributed by atoms with Crippen molar-refractivity contribution in [1.82, 2.24) is 4.90 Å². The van der Waals surface area contributed by atoms with E-state index in [4.69, 9.17) is 2.74 Å². The highest BCUT2D eigenvalue weighted by Crippen LogP contribution is 2.09. The highest BCUT2D eigenvalue weighted by Gasteiger charge is 2.07. The summed E-state index contributed by atoms with van der Waals surface area (Å²) >= 11 is 0. The van der Waals surface area contributed by atoms with Crippen molar-refractivity contribution in [2.24, 2.45) is 0 Å². The minimum absolute atomic E-state index is 0.187. The SMILES string of the molecule is [2H]C(CCCCCCC)C([2H])C(=O)N(CC)CC. The fourth-order valence-electron chi connectivity index (χ4n) is 1.69. The van der Waals surface area contributed by atoms with Crippen LogP contribution in [-0.4, -0.2) is 23.9 Å². The summed E-state index contributed by atoms with van der Waals surface area (Å²) in [7, 11) is 0. The Morgan fingerprint density at radius 2 is 1.56 bits per heavy atom. The first-order valence-electron chi connectivity index (χ1n) is 7.87. The van der Waals surface area contributed by atoms with Crippen molar-refractivity contribution in [3.8, 4) is 0 Å². The number of hydrogen-bond acceptors (Lipinski definition) is 1. The molecule has 0 saturated heterocycles. The maximum Gasteiger partial charge on any atom is 0.222 e. The van der Waals surface area contributed by atoms with Crippen LogP contribution >= 0.6 is 0 Å². The molecule has 0 aliphatic rings. The van der Waals surface area contributed by atoms with Gasteiger partial charge in [0, 0.05) is 22.2 Å². The smallest absolute Gasteiger partial charge is 0.222 e. The standard InChI is InChI=1S/C14H29NO/c1-4-7-8-9-10-11-12-13-14(16)15(5-2)6-3/h4-13H2,1-3H3/i12D,13D. The molecule has 2 unspecified atom stereocenters. The van der Waals surface area contributed by atoms with Crippen molar-refractivity contribution in [3.05, 3.63) is 0 Å². The molecule has 0 heterocycles. The molecule has 2 heteroatoms. The van der Waals surface area contributed by atoms with Crippen LogP contribution in [0.15, 0.2) is 0 Å². The van der Waals surface area contributed by atoms with Gasteiger partial charge in [0.05, 0.1) is 0 Å². The Bertz CT molecular complexity index is 220. The third-order valence-electron chi connectivity index (χ3n) is 2.81. The molecular formula is C14H29NO. The van der Waals surface area contributed by atoms with Gasteiger partial charge in [-0.15, -0.1) is 0 Å². The number of hydrogen-bond donors (Lipinski definition) is 0. The second kappa shape index (κ2) is 11.0. The number of unbranched alkanes of at least 4 members (excludes halogenated alkanes) is 4. The van der Waals surface area contributed by atoms with E-state index in [-0.39, 0.29) is 5.91 Å². The van der Waals surface area contributed by atoms with Crippen molar-refractivity contribution >= 4 is 5.91 Å². The predicted octanol–water partition coefficient (Wildman–Crippen LogP) is 4.00. The Hall–Kier alpha value is -0.530. The number of amides is 1. The first kappa shape index (κ1) is 11.9. The lowest BCUT2D eigenvalue weighted by Gasteiger charge is -2.18. The molecule has 0 radical (unpaired) electrons. The van der Waals surface area contributed by atoms with Gasteiger partial charge >= 0.3 is 0 Å². The molecule has 0 fully saturated rings. The van der Waals surface area contributed by atoms with Crippen molar-refractivity contribution in [3.63, 3.8) is 0 Å². The van der Waals surface area contributed by atoms with E-state index in [0.717, 1.165) is 12.8 Å². The maximum absolute atomic E-state index is 11.9. The Kier molecular flexibility index (Phi) is 8.19. The summed E-state index contributed by atoms with van der Waals surface area (Å²) in [5.74, 6) is -0.187. The first-order chi connectivity index (χ1) is 8.58. The van der Waals surface area contributed by atoms with Crippen molar-refractivity contribution in [2.75, 3.05) is 13.1 Å². The summed E-state index contributed by atoms with van der Waals surface area (Å²) < 4.78 is 15.8. The molecule has 0 aromatic rings. The zero-order valence-corrected chi connectivity index (χ0v) is 11.2.